The molecule has 1 heterocycles. The van der Waals surface area contributed by atoms with Crippen molar-refractivity contribution in [3.05, 3.63) is 29.6 Å². The first-order valence-corrected chi connectivity index (χ1v) is 4.93. The number of nitrogens with two attached hydrogens (primary N) is 1. The van der Waals surface area contributed by atoms with Crippen molar-refractivity contribution in [3.63, 3.8) is 0 Å². The molecule has 76 valence electrons. The van der Waals surface area contributed by atoms with E-state index in [4.69, 9.17) is 5.73 Å². The van der Waals surface area contributed by atoms with Gasteiger partial charge in [0.05, 0.1) is 11.4 Å². The quantitative estimate of drug-likeness (QED) is 0.683. The van der Waals surface area contributed by atoms with Crippen molar-refractivity contribution in [1.29, 1.82) is 0 Å². The van der Waals surface area contributed by atoms with Crippen LogP contribution < -0.4 is 5.73 Å². The van der Waals surface area contributed by atoms with Gasteiger partial charge in [-0.2, -0.15) is 0 Å². The van der Waals surface area contributed by atoms with E-state index >= 15 is 0 Å². The number of nitrogens with zero attached hydrogens (tertiary/aromatic N) is 2. The molecule has 1 aliphatic rings. The highest BCUT2D eigenvalue weighted by Gasteiger charge is 2.09. The Labute approximate surface area is 85.0 Å². The smallest absolute Gasteiger partial charge is 0.200 e. The third kappa shape index (κ3) is 1.87. The summed E-state index contributed by atoms with van der Waals surface area (Å²) in [6, 6.07) is 0. The van der Waals surface area contributed by atoms with Gasteiger partial charge in [0, 0.05) is 13.5 Å². The average molecular weight is 191 g/mol. The molecule has 0 aliphatic heterocycles. The number of imidazole rings is 1. The van der Waals surface area contributed by atoms with E-state index in [2.05, 4.69) is 11.1 Å². The van der Waals surface area contributed by atoms with Crippen LogP contribution in [0.1, 0.15) is 25.2 Å². The zero-order valence-corrected chi connectivity index (χ0v) is 8.99. The van der Waals surface area contributed by atoms with E-state index in [0.29, 0.717) is 5.95 Å². The van der Waals surface area contributed by atoms with Gasteiger partial charge in [0.1, 0.15) is 0 Å². The van der Waals surface area contributed by atoms with Gasteiger partial charge in [0.15, 0.2) is 0 Å². The molecule has 0 bridgehead atoms. The van der Waals surface area contributed by atoms with Crippen LogP contribution >= 0.6 is 0 Å². The van der Waals surface area contributed by atoms with E-state index in [1.54, 1.807) is 0 Å². The zero-order valence-electron chi connectivity index (χ0n) is 8.99. The van der Waals surface area contributed by atoms with Crippen LogP contribution in [0.4, 0.5) is 5.95 Å². The molecule has 0 unspecified atom stereocenters. The van der Waals surface area contributed by atoms with Gasteiger partial charge in [0.2, 0.25) is 5.95 Å². The third-order valence-electron chi connectivity index (χ3n) is 2.06. The summed E-state index contributed by atoms with van der Waals surface area (Å²) in [5.74, 6) is 0.583. The fourth-order valence-corrected chi connectivity index (χ4v) is 1.35. The zero-order chi connectivity index (χ0) is 10.6. The fourth-order valence-electron chi connectivity index (χ4n) is 1.35. The van der Waals surface area contributed by atoms with Crippen LogP contribution in [0.15, 0.2) is 18.2 Å². The van der Waals surface area contributed by atoms with Gasteiger partial charge in [-0.3, -0.25) is 0 Å². The lowest BCUT2D eigenvalue weighted by molar-refractivity contribution is 0.916. The molecular weight excluding hydrogens is 174 g/mol. The summed E-state index contributed by atoms with van der Waals surface area (Å²) >= 11 is 0. The van der Waals surface area contributed by atoms with Gasteiger partial charge in [-0.05, 0) is 6.08 Å². The van der Waals surface area contributed by atoms with Crippen LogP contribution in [0, 0.1) is 0 Å². The molecule has 3 heteroatoms. The number of rotatable bonds is 0. The summed E-state index contributed by atoms with van der Waals surface area (Å²) in [7, 11) is 1.93. The van der Waals surface area contributed by atoms with Crippen molar-refractivity contribution in [2.75, 3.05) is 5.73 Å². The number of allylic oxidation sites excluding steroid dienone is 3. The van der Waals surface area contributed by atoms with Gasteiger partial charge in [-0.25, -0.2) is 4.98 Å². The minimum Gasteiger partial charge on any atom is -0.369 e. The standard InChI is InChI=1S/C9H11N3.C2H6/c1-12-8-6-4-2-3-5-7(8)11-9(12)10;1-2/h2-4,6H,5H2,1H3,(H2,10,11);1-2H3. The summed E-state index contributed by atoms with van der Waals surface area (Å²) < 4.78 is 1.90. The number of anilines is 1. The Morgan fingerprint density at radius 3 is 2.79 bits per heavy atom. The van der Waals surface area contributed by atoms with Gasteiger partial charge < -0.3 is 10.3 Å². The van der Waals surface area contributed by atoms with Crippen molar-refractivity contribution >= 4 is 12.0 Å². The van der Waals surface area contributed by atoms with E-state index in [0.717, 1.165) is 17.8 Å². The van der Waals surface area contributed by atoms with Crippen LogP contribution in [0.5, 0.6) is 0 Å². The van der Waals surface area contributed by atoms with Crippen molar-refractivity contribution in [1.82, 2.24) is 9.55 Å². The molecule has 1 aliphatic carbocycles. The van der Waals surface area contributed by atoms with Crippen LogP contribution in [0.3, 0.4) is 0 Å². The second kappa shape index (κ2) is 4.65. The number of fused-ring (bicyclic) bond motifs is 1. The van der Waals surface area contributed by atoms with Gasteiger partial charge in [-0.15, -0.1) is 0 Å². The summed E-state index contributed by atoms with van der Waals surface area (Å²) in [6.45, 7) is 4.00. The number of hydrogen-bond donors (Lipinski definition) is 1. The minimum atomic E-state index is 0.583. The average Bonchev–Trinajstić information content (AvgIpc) is 2.44. The Bertz CT molecular complexity index is 359. The molecule has 0 saturated heterocycles. The Kier molecular flexibility index (Phi) is 3.51. The topological polar surface area (TPSA) is 43.8 Å². The first kappa shape index (κ1) is 10.6. The normalized spacial score (nSPS) is 12.8. The fraction of sp³-hybridized carbons (Fsp3) is 0.364. The van der Waals surface area contributed by atoms with Crippen LogP contribution in [-0.4, -0.2) is 9.55 Å². The molecule has 3 nitrogen and oxygen atoms in total. The summed E-state index contributed by atoms with van der Waals surface area (Å²) in [5.41, 5.74) is 7.83. The Balaban J connectivity index is 0.000000461. The van der Waals surface area contributed by atoms with Crippen LogP contribution in [0.2, 0.25) is 0 Å². The van der Waals surface area contributed by atoms with Crippen molar-refractivity contribution < 1.29 is 0 Å². The van der Waals surface area contributed by atoms with E-state index in [-0.39, 0.29) is 0 Å². The molecule has 2 rings (SSSR count). The lowest BCUT2D eigenvalue weighted by Crippen LogP contribution is -1.98. The number of nitrogen functional groups attached to an aromatic ring is 1. The first-order valence-electron chi connectivity index (χ1n) is 4.93. The first-order chi connectivity index (χ1) is 6.79. The maximum absolute atomic E-state index is 5.67. The van der Waals surface area contributed by atoms with E-state index in [1.807, 2.05) is 43.7 Å². The highest BCUT2D eigenvalue weighted by atomic mass is 15.1. The molecule has 14 heavy (non-hydrogen) atoms. The lowest BCUT2D eigenvalue weighted by atomic mass is 10.2. The predicted octanol–water partition coefficient (Wildman–Crippen LogP) is 2.15. The van der Waals surface area contributed by atoms with Gasteiger partial charge in [0.25, 0.3) is 0 Å². The predicted molar refractivity (Wildman–Crippen MR) is 60.8 cm³/mol. The highest BCUT2D eigenvalue weighted by molar-refractivity contribution is 5.55. The van der Waals surface area contributed by atoms with Crippen LogP contribution in [0.25, 0.3) is 6.08 Å². The van der Waals surface area contributed by atoms with Crippen LogP contribution in [-0.2, 0) is 13.5 Å². The van der Waals surface area contributed by atoms with E-state index in [9.17, 15) is 0 Å². The molecule has 2 N–H and O–H groups in total. The Morgan fingerprint density at radius 2 is 2.07 bits per heavy atom. The lowest BCUT2D eigenvalue weighted by Gasteiger charge is -1.97. The van der Waals surface area contributed by atoms with Crippen molar-refractivity contribution in [3.8, 4) is 0 Å². The second-order valence-corrected chi connectivity index (χ2v) is 2.85. The molecule has 1 aromatic rings. The third-order valence-corrected chi connectivity index (χ3v) is 2.06. The molecule has 0 spiro atoms. The summed E-state index contributed by atoms with van der Waals surface area (Å²) in [5, 5.41) is 0. The van der Waals surface area contributed by atoms with E-state index < -0.39 is 0 Å². The maximum atomic E-state index is 5.67. The molecule has 1 aromatic heterocycles. The maximum Gasteiger partial charge on any atom is 0.200 e. The molecule has 0 aromatic carbocycles. The Hall–Kier alpha value is -1.51. The SMILES string of the molecule is CC.Cn1c(N)nc2c1C=CC=CC2. The molecule has 0 saturated carbocycles. The minimum absolute atomic E-state index is 0.583. The highest BCUT2D eigenvalue weighted by Crippen LogP contribution is 2.16. The molecule has 0 fully saturated rings. The molecule has 0 atom stereocenters. The van der Waals surface area contributed by atoms with Crippen molar-refractivity contribution in [2.45, 2.75) is 20.3 Å². The van der Waals surface area contributed by atoms with Gasteiger partial charge in [-0.1, -0.05) is 32.1 Å². The number of hydrogen-bond acceptors (Lipinski definition) is 2. The molecule has 0 amide bonds. The summed E-state index contributed by atoms with van der Waals surface area (Å²) in [6.07, 6.45) is 9.01. The largest absolute Gasteiger partial charge is 0.369 e. The van der Waals surface area contributed by atoms with Crippen molar-refractivity contribution in [2.24, 2.45) is 7.05 Å². The molecular formula is C11H17N3. The van der Waals surface area contributed by atoms with E-state index in [1.165, 1.54) is 0 Å². The number of aromatic nitrogens is 2. The Morgan fingerprint density at radius 1 is 1.36 bits per heavy atom. The van der Waals surface area contributed by atoms with Gasteiger partial charge >= 0.3 is 0 Å². The summed E-state index contributed by atoms with van der Waals surface area (Å²) in [4.78, 5) is 4.25. The monoisotopic (exact) mass is 191 g/mol. The second-order valence-electron chi connectivity index (χ2n) is 2.85. The molecule has 0 radical (unpaired) electrons.